The predicted molar refractivity (Wildman–Crippen MR) is 69.9 cm³/mol. The SMILES string of the molecule is Cc1cnc(Sc2ccccc2[C@H](C)N)nc1. The molecule has 0 aliphatic rings. The summed E-state index contributed by atoms with van der Waals surface area (Å²) in [5.74, 6) is 0. The fraction of sp³-hybridized carbons (Fsp3) is 0.231. The summed E-state index contributed by atoms with van der Waals surface area (Å²) in [7, 11) is 0. The van der Waals surface area contributed by atoms with Gasteiger partial charge in [-0.15, -0.1) is 0 Å². The molecule has 2 aromatic rings. The van der Waals surface area contributed by atoms with Crippen LogP contribution in [0.5, 0.6) is 0 Å². The Bertz CT molecular complexity index is 494. The van der Waals surface area contributed by atoms with Gasteiger partial charge in [-0.05, 0) is 42.8 Å². The van der Waals surface area contributed by atoms with Crippen LogP contribution < -0.4 is 5.73 Å². The maximum Gasteiger partial charge on any atom is 0.192 e. The van der Waals surface area contributed by atoms with Crippen LogP contribution in [-0.4, -0.2) is 9.97 Å². The van der Waals surface area contributed by atoms with E-state index in [1.807, 2.05) is 50.5 Å². The monoisotopic (exact) mass is 245 g/mol. The van der Waals surface area contributed by atoms with Crippen molar-refractivity contribution < 1.29 is 0 Å². The number of nitrogens with zero attached hydrogens (tertiary/aromatic N) is 2. The first kappa shape index (κ1) is 12.1. The van der Waals surface area contributed by atoms with E-state index < -0.39 is 0 Å². The van der Waals surface area contributed by atoms with E-state index in [1.54, 1.807) is 11.8 Å². The number of aromatic nitrogens is 2. The highest BCUT2D eigenvalue weighted by Gasteiger charge is 2.08. The van der Waals surface area contributed by atoms with Gasteiger partial charge in [-0.1, -0.05) is 18.2 Å². The van der Waals surface area contributed by atoms with Crippen molar-refractivity contribution in [3.8, 4) is 0 Å². The number of hydrogen-bond donors (Lipinski definition) is 1. The Morgan fingerprint density at radius 1 is 1.18 bits per heavy atom. The molecule has 0 spiro atoms. The fourth-order valence-electron chi connectivity index (χ4n) is 1.48. The van der Waals surface area contributed by atoms with Gasteiger partial charge in [-0.25, -0.2) is 9.97 Å². The molecule has 0 unspecified atom stereocenters. The molecule has 0 saturated heterocycles. The first-order valence-electron chi connectivity index (χ1n) is 5.48. The Balaban J connectivity index is 2.26. The van der Waals surface area contributed by atoms with E-state index in [-0.39, 0.29) is 6.04 Å². The third kappa shape index (κ3) is 3.05. The Morgan fingerprint density at radius 2 is 1.82 bits per heavy atom. The molecule has 3 nitrogen and oxygen atoms in total. The van der Waals surface area contributed by atoms with Gasteiger partial charge in [0.1, 0.15) is 0 Å². The van der Waals surface area contributed by atoms with Crippen LogP contribution in [0.4, 0.5) is 0 Å². The molecule has 0 bridgehead atoms. The lowest BCUT2D eigenvalue weighted by atomic mass is 10.1. The quantitative estimate of drug-likeness (QED) is 0.845. The summed E-state index contributed by atoms with van der Waals surface area (Å²) in [4.78, 5) is 9.69. The predicted octanol–water partition coefficient (Wildman–Crippen LogP) is 2.96. The summed E-state index contributed by atoms with van der Waals surface area (Å²) < 4.78 is 0. The molecule has 0 aliphatic carbocycles. The number of nitrogens with two attached hydrogens (primary N) is 1. The van der Waals surface area contributed by atoms with Crippen molar-refractivity contribution in [3.05, 3.63) is 47.8 Å². The molecule has 1 aromatic carbocycles. The second-order valence-corrected chi connectivity index (χ2v) is 4.98. The largest absolute Gasteiger partial charge is 0.324 e. The average molecular weight is 245 g/mol. The maximum atomic E-state index is 5.94. The first-order chi connectivity index (χ1) is 8.16. The van der Waals surface area contributed by atoms with Crippen LogP contribution in [0, 0.1) is 6.92 Å². The first-order valence-corrected chi connectivity index (χ1v) is 6.29. The van der Waals surface area contributed by atoms with Gasteiger partial charge in [0, 0.05) is 23.3 Å². The van der Waals surface area contributed by atoms with Gasteiger partial charge in [0.25, 0.3) is 0 Å². The van der Waals surface area contributed by atoms with Crippen LogP contribution in [0.1, 0.15) is 24.1 Å². The van der Waals surface area contributed by atoms with E-state index in [2.05, 4.69) is 9.97 Å². The zero-order valence-electron chi connectivity index (χ0n) is 9.92. The van der Waals surface area contributed by atoms with E-state index in [0.29, 0.717) is 0 Å². The smallest absolute Gasteiger partial charge is 0.192 e. The number of hydrogen-bond acceptors (Lipinski definition) is 4. The van der Waals surface area contributed by atoms with Gasteiger partial charge in [-0.2, -0.15) is 0 Å². The molecule has 1 heterocycles. The van der Waals surface area contributed by atoms with Gasteiger partial charge >= 0.3 is 0 Å². The third-order valence-electron chi connectivity index (χ3n) is 2.37. The van der Waals surface area contributed by atoms with Gasteiger partial charge in [0.2, 0.25) is 0 Å². The lowest BCUT2D eigenvalue weighted by Crippen LogP contribution is -2.06. The Morgan fingerprint density at radius 3 is 2.47 bits per heavy atom. The van der Waals surface area contributed by atoms with Gasteiger partial charge in [-0.3, -0.25) is 0 Å². The van der Waals surface area contributed by atoms with Crippen molar-refractivity contribution in [3.63, 3.8) is 0 Å². The number of benzene rings is 1. The zero-order valence-corrected chi connectivity index (χ0v) is 10.7. The standard InChI is InChI=1S/C13H15N3S/c1-9-7-15-13(16-8-9)17-12-6-4-3-5-11(12)10(2)14/h3-8,10H,14H2,1-2H3/t10-/m0/s1. The molecular formula is C13H15N3S. The zero-order chi connectivity index (χ0) is 12.3. The van der Waals surface area contributed by atoms with Crippen molar-refractivity contribution in [2.75, 3.05) is 0 Å². The molecule has 2 rings (SSSR count). The van der Waals surface area contributed by atoms with Crippen LogP contribution in [0.15, 0.2) is 46.7 Å². The summed E-state index contributed by atoms with van der Waals surface area (Å²) in [6, 6.07) is 8.11. The lowest BCUT2D eigenvalue weighted by molar-refractivity contribution is 0.796. The van der Waals surface area contributed by atoms with Gasteiger partial charge < -0.3 is 5.73 Å². The Labute approximate surface area is 105 Å². The Kier molecular flexibility index (Phi) is 3.76. The van der Waals surface area contributed by atoms with Crippen molar-refractivity contribution in [1.82, 2.24) is 9.97 Å². The number of aryl methyl sites for hydroxylation is 1. The highest BCUT2D eigenvalue weighted by molar-refractivity contribution is 7.99. The van der Waals surface area contributed by atoms with E-state index >= 15 is 0 Å². The van der Waals surface area contributed by atoms with Gasteiger partial charge in [0.15, 0.2) is 5.16 Å². The van der Waals surface area contributed by atoms with E-state index in [0.717, 1.165) is 21.2 Å². The van der Waals surface area contributed by atoms with Crippen LogP contribution in [0.3, 0.4) is 0 Å². The minimum atomic E-state index is 0.0177. The van der Waals surface area contributed by atoms with Crippen LogP contribution in [-0.2, 0) is 0 Å². The van der Waals surface area contributed by atoms with Crippen molar-refractivity contribution in [2.45, 2.75) is 29.9 Å². The Hall–Kier alpha value is -1.39. The summed E-state index contributed by atoms with van der Waals surface area (Å²) in [5, 5.41) is 0.753. The molecule has 17 heavy (non-hydrogen) atoms. The topological polar surface area (TPSA) is 51.8 Å². The van der Waals surface area contributed by atoms with Crippen LogP contribution >= 0.6 is 11.8 Å². The maximum absolute atomic E-state index is 5.94. The molecule has 0 amide bonds. The average Bonchev–Trinajstić information content (AvgIpc) is 2.32. The molecule has 0 fully saturated rings. The highest BCUT2D eigenvalue weighted by atomic mass is 32.2. The normalized spacial score (nSPS) is 12.4. The second-order valence-electron chi connectivity index (χ2n) is 3.97. The molecule has 0 radical (unpaired) electrons. The van der Waals surface area contributed by atoms with E-state index in [9.17, 15) is 0 Å². The fourth-order valence-corrected chi connectivity index (χ4v) is 2.41. The molecule has 0 saturated carbocycles. The van der Waals surface area contributed by atoms with Crippen LogP contribution in [0.25, 0.3) is 0 Å². The van der Waals surface area contributed by atoms with E-state index in [1.165, 1.54) is 0 Å². The molecule has 2 N–H and O–H groups in total. The molecule has 88 valence electrons. The minimum Gasteiger partial charge on any atom is -0.324 e. The molecular weight excluding hydrogens is 230 g/mol. The molecule has 1 aromatic heterocycles. The number of rotatable bonds is 3. The van der Waals surface area contributed by atoms with Crippen molar-refractivity contribution in [2.24, 2.45) is 5.73 Å². The summed E-state index contributed by atoms with van der Waals surface area (Å²) in [5.41, 5.74) is 8.13. The van der Waals surface area contributed by atoms with E-state index in [4.69, 9.17) is 5.73 Å². The summed E-state index contributed by atoms with van der Waals surface area (Å²) in [6.07, 6.45) is 3.65. The molecule has 1 atom stereocenters. The van der Waals surface area contributed by atoms with Crippen LogP contribution in [0.2, 0.25) is 0 Å². The van der Waals surface area contributed by atoms with Gasteiger partial charge in [0.05, 0.1) is 0 Å². The summed E-state index contributed by atoms with van der Waals surface area (Å²) in [6.45, 7) is 3.96. The molecule has 4 heteroatoms. The highest BCUT2D eigenvalue weighted by Crippen LogP contribution is 2.30. The lowest BCUT2D eigenvalue weighted by Gasteiger charge is -2.10. The molecule has 0 aliphatic heterocycles. The minimum absolute atomic E-state index is 0.0177. The van der Waals surface area contributed by atoms with Crippen molar-refractivity contribution in [1.29, 1.82) is 0 Å². The second kappa shape index (κ2) is 5.29. The van der Waals surface area contributed by atoms with Crippen molar-refractivity contribution >= 4 is 11.8 Å². The third-order valence-corrected chi connectivity index (χ3v) is 3.35. The summed E-state index contributed by atoms with van der Waals surface area (Å²) >= 11 is 1.55.